The van der Waals surface area contributed by atoms with Crippen LogP contribution in [0.5, 0.6) is 11.5 Å². The summed E-state index contributed by atoms with van der Waals surface area (Å²) >= 11 is 5.94. The van der Waals surface area contributed by atoms with Crippen molar-refractivity contribution in [1.29, 1.82) is 0 Å². The highest BCUT2D eigenvalue weighted by atomic mass is 35.5. The molecule has 1 heterocycles. The lowest BCUT2D eigenvalue weighted by Crippen LogP contribution is -2.31. The van der Waals surface area contributed by atoms with Crippen LogP contribution in [-0.4, -0.2) is 12.7 Å². The molecule has 1 aliphatic rings. The van der Waals surface area contributed by atoms with E-state index in [1.165, 1.54) is 0 Å². The molecular weight excluding hydrogens is 326 g/mol. The predicted octanol–water partition coefficient (Wildman–Crippen LogP) is 4.12. The van der Waals surface area contributed by atoms with Gasteiger partial charge in [-0.25, -0.2) is 0 Å². The fourth-order valence-electron chi connectivity index (χ4n) is 2.86. The van der Waals surface area contributed by atoms with E-state index in [1.807, 2.05) is 56.3 Å². The Kier molecular flexibility index (Phi) is 4.95. The van der Waals surface area contributed by atoms with Gasteiger partial charge in [0.15, 0.2) is 11.5 Å². The van der Waals surface area contributed by atoms with Crippen molar-refractivity contribution in [1.82, 2.24) is 5.32 Å². The van der Waals surface area contributed by atoms with Gasteiger partial charge in [-0.3, -0.25) is 4.79 Å². The highest BCUT2D eigenvalue weighted by Crippen LogP contribution is 2.32. The second-order valence-corrected chi connectivity index (χ2v) is 6.62. The lowest BCUT2D eigenvalue weighted by molar-refractivity contribution is -0.123. The summed E-state index contributed by atoms with van der Waals surface area (Å²) < 4.78 is 10.7. The third-order valence-electron chi connectivity index (χ3n) is 4.08. The van der Waals surface area contributed by atoms with Gasteiger partial charge in [0.1, 0.15) is 0 Å². The molecular formula is C19H20ClNO3. The second-order valence-electron chi connectivity index (χ2n) is 6.18. The summed E-state index contributed by atoms with van der Waals surface area (Å²) in [5.74, 6) is 1.44. The average Bonchev–Trinajstić information content (AvgIpc) is 3.02. The first-order valence-electron chi connectivity index (χ1n) is 7.96. The molecule has 0 bridgehead atoms. The molecule has 0 saturated carbocycles. The zero-order valence-corrected chi connectivity index (χ0v) is 14.5. The van der Waals surface area contributed by atoms with Crippen molar-refractivity contribution in [2.75, 3.05) is 6.79 Å². The quantitative estimate of drug-likeness (QED) is 0.886. The van der Waals surface area contributed by atoms with Crippen LogP contribution in [0.25, 0.3) is 0 Å². The van der Waals surface area contributed by atoms with E-state index < -0.39 is 0 Å². The van der Waals surface area contributed by atoms with Crippen molar-refractivity contribution in [3.05, 3.63) is 58.6 Å². The smallest absolute Gasteiger partial charge is 0.231 e. The highest BCUT2D eigenvalue weighted by Gasteiger charge is 2.24. The zero-order chi connectivity index (χ0) is 17.1. The maximum atomic E-state index is 12.7. The molecule has 0 spiro atoms. The molecule has 5 heteroatoms. The topological polar surface area (TPSA) is 47.6 Å². The van der Waals surface area contributed by atoms with Gasteiger partial charge in [0.2, 0.25) is 12.7 Å². The van der Waals surface area contributed by atoms with Crippen LogP contribution < -0.4 is 14.8 Å². The van der Waals surface area contributed by atoms with E-state index in [9.17, 15) is 4.79 Å². The number of carbonyl (C=O) groups excluding carboxylic acids is 1. The summed E-state index contributed by atoms with van der Waals surface area (Å²) in [6.07, 6.45) is 0. The van der Waals surface area contributed by atoms with Gasteiger partial charge in [0.05, 0.1) is 5.92 Å². The number of nitrogens with one attached hydrogen (secondary N) is 1. The fourth-order valence-corrected chi connectivity index (χ4v) is 2.99. The van der Waals surface area contributed by atoms with Gasteiger partial charge in [-0.15, -0.1) is 0 Å². The minimum absolute atomic E-state index is 0.00462. The Labute approximate surface area is 146 Å². The van der Waals surface area contributed by atoms with Crippen LogP contribution in [-0.2, 0) is 11.3 Å². The molecule has 1 N–H and O–H groups in total. The Morgan fingerprint density at radius 3 is 2.54 bits per heavy atom. The van der Waals surface area contributed by atoms with Gasteiger partial charge in [-0.05, 0) is 41.3 Å². The summed E-state index contributed by atoms with van der Waals surface area (Å²) in [5.41, 5.74) is 1.95. The van der Waals surface area contributed by atoms with E-state index in [-0.39, 0.29) is 24.5 Å². The Morgan fingerprint density at radius 2 is 1.83 bits per heavy atom. The molecule has 2 aromatic rings. The van der Waals surface area contributed by atoms with E-state index in [0.717, 1.165) is 22.6 Å². The maximum Gasteiger partial charge on any atom is 0.231 e. The number of rotatable bonds is 5. The van der Waals surface area contributed by atoms with Gasteiger partial charge >= 0.3 is 0 Å². The van der Waals surface area contributed by atoms with E-state index in [2.05, 4.69) is 5.32 Å². The Balaban J connectivity index is 1.68. The summed E-state index contributed by atoms with van der Waals surface area (Å²) in [6, 6.07) is 13.1. The lowest BCUT2D eigenvalue weighted by Gasteiger charge is -2.21. The number of ether oxygens (including phenoxy) is 2. The van der Waals surface area contributed by atoms with Gasteiger partial charge in [0, 0.05) is 11.6 Å². The standard InChI is InChI=1S/C19H20ClNO3/c1-12(2)18(14-4-6-15(20)7-5-14)19(22)21-10-13-3-8-16-17(9-13)24-11-23-16/h3-9,12,18H,10-11H2,1-2H3,(H,21,22)/t18-/m0/s1. The molecule has 0 saturated heterocycles. The van der Waals surface area contributed by atoms with Crippen molar-refractivity contribution >= 4 is 17.5 Å². The third-order valence-corrected chi connectivity index (χ3v) is 4.33. The van der Waals surface area contributed by atoms with Crippen LogP contribution >= 0.6 is 11.6 Å². The fraction of sp³-hybridized carbons (Fsp3) is 0.316. The van der Waals surface area contributed by atoms with Crippen LogP contribution in [0.3, 0.4) is 0 Å². The van der Waals surface area contributed by atoms with Gasteiger partial charge in [-0.2, -0.15) is 0 Å². The number of hydrogen-bond donors (Lipinski definition) is 1. The average molecular weight is 346 g/mol. The number of amides is 1. The third kappa shape index (κ3) is 3.65. The number of fused-ring (bicyclic) bond motifs is 1. The van der Waals surface area contributed by atoms with Gasteiger partial charge in [0.25, 0.3) is 0 Å². The summed E-state index contributed by atoms with van der Waals surface area (Å²) in [5, 5.41) is 3.68. The first kappa shape index (κ1) is 16.7. The van der Waals surface area contributed by atoms with E-state index in [0.29, 0.717) is 11.6 Å². The molecule has 0 aliphatic carbocycles. The minimum Gasteiger partial charge on any atom is -0.454 e. The molecule has 1 atom stereocenters. The predicted molar refractivity (Wildman–Crippen MR) is 93.4 cm³/mol. The van der Waals surface area contributed by atoms with Crippen LogP contribution in [0.1, 0.15) is 30.9 Å². The minimum atomic E-state index is -0.212. The molecule has 0 aromatic heterocycles. The maximum absolute atomic E-state index is 12.7. The van der Waals surface area contributed by atoms with Gasteiger partial charge in [-0.1, -0.05) is 43.6 Å². The van der Waals surface area contributed by atoms with Crippen molar-refractivity contribution < 1.29 is 14.3 Å². The molecule has 4 nitrogen and oxygen atoms in total. The molecule has 24 heavy (non-hydrogen) atoms. The second kappa shape index (κ2) is 7.14. The highest BCUT2D eigenvalue weighted by molar-refractivity contribution is 6.30. The Hall–Kier alpha value is -2.20. The molecule has 126 valence electrons. The SMILES string of the molecule is CC(C)[C@H](C(=O)NCc1ccc2c(c1)OCO2)c1ccc(Cl)cc1. The number of benzene rings is 2. The van der Waals surface area contributed by atoms with Gasteiger partial charge < -0.3 is 14.8 Å². The number of hydrogen-bond acceptors (Lipinski definition) is 3. The summed E-state index contributed by atoms with van der Waals surface area (Å²) in [6.45, 7) is 4.78. The first-order valence-corrected chi connectivity index (χ1v) is 8.34. The van der Waals surface area contributed by atoms with Crippen LogP contribution in [0.15, 0.2) is 42.5 Å². The molecule has 3 rings (SSSR count). The van der Waals surface area contributed by atoms with Crippen molar-refractivity contribution in [3.63, 3.8) is 0 Å². The molecule has 2 aromatic carbocycles. The first-order chi connectivity index (χ1) is 11.5. The summed E-state index contributed by atoms with van der Waals surface area (Å²) in [4.78, 5) is 12.7. The summed E-state index contributed by atoms with van der Waals surface area (Å²) in [7, 11) is 0. The number of carbonyl (C=O) groups is 1. The lowest BCUT2D eigenvalue weighted by atomic mass is 9.87. The van der Waals surface area contributed by atoms with Crippen LogP contribution in [0.2, 0.25) is 5.02 Å². The van der Waals surface area contributed by atoms with Crippen molar-refractivity contribution in [2.24, 2.45) is 5.92 Å². The largest absolute Gasteiger partial charge is 0.454 e. The van der Waals surface area contributed by atoms with Crippen molar-refractivity contribution in [3.8, 4) is 11.5 Å². The normalized spacial score (nSPS) is 13.8. The molecule has 0 unspecified atom stereocenters. The zero-order valence-electron chi connectivity index (χ0n) is 13.7. The monoisotopic (exact) mass is 345 g/mol. The number of halogens is 1. The van der Waals surface area contributed by atoms with Crippen LogP contribution in [0.4, 0.5) is 0 Å². The Bertz CT molecular complexity index is 728. The molecule has 1 aliphatic heterocycles. The Morgan fingerprint density at radius 1 is 1.12 bits per heavy atom. The van der Waals surface area contributed by atoms with E-state index in [1.54, 1.807) is 0 Å². The molecule has 0 fully saturated rings. The van der Waals surface area contributed by atoms with E-state index in [4.69, 9.17) is 21.1 Å². The van der Waals surface area contributed by atoms with Crippen molar-refractivity contribution in [2.45, 2.75) is 26.3 Å². The van der Waals surface area contributed by atoms with E-state index >= 15 is 0 Å². The molecule has 1 amide bonds. The van der Waals surface area contributed by atoms with Crippen LogP contribution in [0, 0.1) is 5.92 Å². The molecule has 0 radical (unpaired) electrons.